The van der Waals surface area contributed by atoms with Crippen LogP contribution in [-0.4, -0.2) is 15.6 Å². The summed E-state index contributed by atoms with van der Waals surface area (Å²) in [5.74, 6) is 0.00142. The molecule has 4 aromatic carbocycles. The molecule has 0 aliphatic heterocycles. The fourth-order valence-corrected chi connectivity index (χ4v) is 4.50. The molecule has 0 atom stereocenters. The topological polar surface area (TPSA) is 51.5 Å². The van der Waals surface area contributed by atoms with Crippen LogP contribution in [0.2, 0.25) is 0 Å². The lowest BCUT2D eigenvalue weighted by molar-refractivity contribution is -0.136. The summed E-state index contributed by atoms with van der Waals surface area (Å²) in [6.07, 6.45) is 4.60. The highest BCUT2D eigenvalue weighted by atomic mass is 16.5. The van der Waals surface area contributed by atoms with Crippen molar-refractivity contribution in [2.75, 3.05) is 0 Å². The second-order valence-electron chi connectivity index (χ2n) is 8.72. The average molecular weight is 474 g/mol. The molecule has 0 unspecified atom stereocenters. The number of ether oxygens (including phenoxy) is 1. The summed E-state index contributed by atoms with van der Waals surface area (Å²) in [6, 6.07) is 32.6. The SMILES string of the molecule is C=Cc1ccccc1-c1cn(-c2cccc(OCc3ccccc3)c2)c2ccc(CCC(=O)O)cc12. The summed E-state index contributed by atoms with van der Waals surface area (Å²) in [4.78, 5) is 11.1. The van der Waals surface area contributed by atoms with E-state index in [-0.39, 0.29) is 6.42 Å². The Morgan fingerprint density at radius 2 is 1.67 bits per heavy atom. The fraction of sp³-hybridized carbons (Fsp3) is 0.0938. The van der Waals surface area contributed by atoms with Crippen molar-refractivity contribution in [1.29, 1.82) is 0 Å². The van der Waals surface area contributed by atoms with Crippen LogP contribution in [0, 0.1) is 0 Å². The van der Waals surface area contributed by atoms with Crippen LogP contribution in [-0.2, 0) is 17.8 Å². The van der Waals surface area contributed by atoms with Gasteiger partial charge in [-0.1, -0.05) is 79.4 Å². The number of benzene rings is 4. The Kier molecular flexibility index (Phi) is 6.67. The molecule has 36 heavy (non-hydrogen) atoms. The van der Waals surface area contributed by atoms with Gasteiger partial charge in [0.2, 0.25) is 0 Å². The van der Waals surface area contributed by atoms with E-state index in [1.54, 1.807) is 0 Å². The monoisotopic (exact) mass is 473 g/mol. The van der Waals surface area contributed by atoms with Gasteiger partial charge in [0.05, 0.1) is 5.52 Å². The Labute approximate surface area is 210 Å². The van der Waals surface area contributed by atoms with Crippen molar-refractivity contribution >= 4 is 22.9 Å². The van der Waals surface area contributed by atoms with Crippen LogP contribution in [0.3, 0.4) is 0 Å². The number of hydrogen-bond donors (Lipinski definition) is 1. The summed E-state index contributed by atoms with van der Waals surface area (Å²) < 4.78 is 8.25. The number of carboxylic acid groups (broad SMARTS) is 1. The summed E-state index contributed by atoms with van der Waals surface area (Å²) in [5, 5.41) is 10.2. The molecule has 5 aromatic rings. The van der Waals surface area contributed by atoms with Gasteiger partial charge >= 0.3 is 5.97 Å². The van der Waals surface area contributed by atoms with Gasteiger partial charge in [0.25, 0.3) is 0 Å². The highest BCUT2D eigenvalue weighted by Crippen LogP contribution is 2.36. The van der Waals surface area contributed by atoms with Crippen molar-refractivity contribution in [3.63, 3.8) is 0 Å². The molecular weight excluding hydrogens is 446 g/mol. The molecule has 0 aliphatic rings. The number of aryl methyl sites for hydroxylation is 1. The lowest BCUT2D eigenvalue weighted by Crippen LogP contribution is -1.98. The van der Waals surface area contributed by atoms with E-state index in [4.69, 9.17) is 9.84 Å². The molecule has 0 saturated carbocycles. The number of fused-ring (bicyclic) bond motifs is 1. The van der Waals surface area contributed by atoms with Crippen LogP contribution in [0.5, 0.6) is 5.75 Å². The maximum absolute atomic E-state index is 11.1. The van der Waals surface area contributed by atoms with Crippen LogP contribution in [0.15, 0.2) is 110 Å². The van der Waals surface area contributed by atoms with E-state index >= 15 is 0 Å². The first kappa shape index (κ1) is 23.2. The van der Waals surface area contributed by atoms with Gasteiger partial charge in [0, 0.05) is 35.3 Å². The molecule has 0 saturated heterocycles. The maximum Gasteiger partial charge on any atom is 0.303 e. The van der Waals surface area contributed by atoms with E-state index in [2.05, 4.69) is 59.8 Å². The molecule has 0 aliphatic carbocycles. The highest BCUT2D eigenvalue weighted by Gasteiger charge is 2.15. The molecule has 4 nitrogen and oxygen atoms in total. The molecule has 0 fully saturated rings. The van der Waals surface area contributed by atoms with Gasteiger partial charge in [-0.2, -0.15) is 0 Å². The van der Waals surface area contributed by atoms with Crippen LogP contribution >= 0.6 is 0 Å². The van der Waals surface area contributed by atoms with Crippen molar-refractivity contribution in [3.8, 4) is 22.6 Å². The van der Waals surface area contributed by atoms with Gasteiger partial charge in [-0.05, 0) is 52.9 Å². The van der Waals surface area contributed by atoms with Crippen LogP contribution in [0.4, 0.5) is 0 Å². The summed E-state index contributed by atoms with van der Waals surface area (Å²) in [5.41, 5.74) is 7.37. The van der Waals surface area contributed by atoms with Gasteiger partial charge in [-0.15, -0.1) is 0 Å². The number of carbonyl (C=O) groups is 1. The first-order valence-electron chi connectivity index (χ1n) is 12.0. The maximum atomic E-state index is 11.1. The van der Waals surface area contributed by atoms with E-state index in [0.717, 1.165) is 50.2 Å². The fourth-order valence-electron chi connectivity index (χ4n) is 4.50. The third-order valence-electron chi connectivity index (χ3n) is 6.31. The number of nitrogens with zero attached hydrogens (tertiary/aromatic N) is 1. The van der Waals surface area contributed by atoms with E-state index in [1.165, 1.54) is 0 Å². The predicted molar refractivity (Wildman–Crippen MR) is 146 cm³/mol. The highest BCUT2D eigenvalue weighted by molar-refractivity contribution is 5.99. The van der Waals surface area contributed by atoms with Gasteiger partial charge < -0.3 is 14.4 Å². The normalized spacial score (nSPS) is 10.9. The lowest BCUT2D eigenvalue weighted by atomic mass is 9.97. The second kappa shape index (κ2) is 10.4. The number of aromatic nitrogens is 1. The summed E-state index contributed by atoms with van der Waals surface area (Å²) >= 11 is 0. The molecular formula is C32H27NO3. The third-order valence-corrected chi connectivity index (χ3v) is 6.31. The molecule has 0 amide bonds. The molecule has 1 heterocycles. The Balaban J connectivity index is 1.58. The quantitative estimate of drug-likeness (QED) is 0.241. The molecule has 5 rings (SSSR count). The molecule has 1 N–H and O–H groups in total. The van der Waals surface area contributed by atoms with Gasteiger partial charge in [0.1, 0.15) is 12.4 Å². The number of carboxylic acids is 1. The van der Waals surface area contributed by atoms with Crippen molar-refractivity contribution in [2.24, 2.45) is 0 Å². The minimum Gasteiger partial charge on any atom is -0.489 e. The molecule has 0 spiro atoms. The number of hydrogen-bond acceptors (Lipinski definition) is 2. The Bertz CT molecular complexity index is 1530. The molecule has 0 bridgehead atoms. The van der Waals surface area contributed by atoms with Crippen molar-refractivity contribution in [2.45, 2.75) is 19.4 Å². The van der Waals surface area contributed by atoms with Gasteiger partial charge in [-0.3, -0.25) is 4.79 Å². The average Bonchev–Trinajstić information content (AvgIpc) is 3.30. The third kappa shape index (κ3) is 4.93. The van der Waals surface area contributed by atoms with E-state index in [1.807, 2.05) is 60.7 Å². The zero-order chi connectivity index (χ0) is 24.9. The van der Waals surface area contributed by atoms with Crippen LogP contribution < -0.4 is 4.74 Å². The van der Waals surface area contributed by atoms with E-state index < -0.39 is 5.97 Å². The van der Waals surface area contributed by atoms with Crippen molar-refractivity contribution in [3.05, 3.63) is 127 Å². The van der Waals surface area contributed by atoms with E-state index in [9.17, 15) is 4.79 Å². The number of aliphatic carboxylic acids is 1. The second-order valence-corrected chi connectivity index (χ2v) is 8.72. The zero-order valence-corrected chi connectivity index (χ0v) is 19.9. The predicted octanol–water partition coefficient (Wildman–Crippen LogP) is 7.54. The Morgan fingerprint density at radius 3 is 2.47 bits per heavy atom. The summed E-state index contributed by atoms with van der Waals surface area (Å²) in [6.45, 7) is 4.50. The summed E-state index contributed by atoms with van der Waals surface area (Å²) in [7, 11) is 0. The van der Waals surface area contributed by atoms with Crippen LogP contribution in [0.25, 0.3) is 33.8 Å². The lowest BCUT2D eigenvalue weighted by Gasteiger charge is -2.10. The van der Waals surface area contributed by atoms with Gasteiger partial charge in [-0.25, -0.2) is 0 Å². The van der Waals surface area contributed by atoms with E-state index in [0.29, 0.717) is 13.0 Å². The Morgan fingerprint density at radius 1 is 0.861 bits per heavy atom. The minimum absolute atomic E-state index is 0.103. The number of rotatable bonds is 9. The molecule has 0 radical (unpaired) electrons. The van der Waals surface area contributed by atoms with Crippen molar-refractivity contribution in [1.82, 2.24) is 4.57 Å². The standard InChI is InChI=1S/C32H27NO3/c1-2-25-11-6-7-14-28(25)30-21-33(31-17-15-23(19-29(30)31)16-18-32(34)35)26-12-8-13-27(20-26)36-22-24-9-4-3-5-10-24/h2-15,17,19-21H,1,16,18,22H2,(H,34,35). The zero-order valence-electron chi connectivity index (χ0n) is 19.9. The largest absolute Gasteiger partial charge is 0.489 e. The molecule has 4 heteroatoms. The minimum atomic E-state index is -0.794. The first-order valence-corrected chi connectivity index (χ1v) is 12.0. The molecule has 1 aromatic heterocycles. The van der Waals surface area contributed by atoms with Crippen LogP contribution in [0.1, 0.15) is 23.1 Å². The Hall–Kier alpha value is -4.57. The first-order chi connectivity index (χ1) is 17.6. The smallest absolute Gasteiger partial charge is 0.303 e. The van der Waals surface area contributed by atoms with Crippen molar-refractivity contribution < 1.29 is 14.6 Å². The molecule has 178 valence electrons. The van der Waals surface area contributed by atoms with Gasteiger partial charge in [0.15, 0.2) is 0 Å².